The van der Waals surface area contributed by atoms with E-state index in [1.54, 1.807) is 16.4 Å². The normalized spacial score (nSPS) is 27.0. The molecule has 0 saturated carbocycles. The van der Waals surface area contributed by atoms with Gasteiger partial charge in [-0.15, -0.1) is 11.3 Å². The average molecular weight is 328 g/mol. The fourth-order valence-corrected chi connectivity index (χ4v) is 4.17. The molecule has 0 aliphatic carbocycles. The molecule has 2 fully saturated rings. The number of hydrogen-bond acceptors (Lipinski definition) is 5. The number of imide groups is 1. The van der Waals surface area contributed by atoms with Crippen molar-refractivity contribution in [1.29, 1.82) is 0 Å². The fraction of sp³-hybridized carbons (Fsp3) is 0.294. The molecule has 0 radical (unpaired) electrons. The number of fused-ring (bicyclic) bond motifs is 1. The molecule has 3 atom stereocenters. The number of para-hydroxylation sites is 1. The van der Waals surface area contributed by atoms with Crippen molar-refractivity contribution in [2.24, 2.45) is 5.92 Å². The maximum atomic E-state index is 12.6. The van der Waals surface area contributed by atoms with Gasteiger partial charge in [-0.2, -0.15) is 0 Å². The summed E-state index contributed by atoms with van der Waals surface area (Å²) in [5.74, 6) is -0.933. The number of carbonyl (C=O) groups is 2. The van der Waals surface area contributed by atoms with Crippen LogP contribution in [-0.2, 0) is 14.4 Å². The van der Waals surface area contributed by atoms with Gasteiger partial charge in [0.1, 0.15) is 12.0 Å². The smallest absolute Gasteiger partial charge is 0.261 e. The van der Waals surface area contributed by atoms with Gasteiger partial charge in [-0.3, -0.25) is 19.3 Å². The Labute approximate surface area is 138 Å². The molecule has 1 aromatic heterocycles. The lowest BCUT2D eigenvalue weighted by Crippen LogP contribution is -2.34. The molecule has 0 spiro atoms. The van der Waals surface area contributed by atoms with E-state index in [1.165, 1.54) is 11.9 Å². The first-order valence-corrected chi connectivity index (χ1v) is 8.34. The second-order valence-electron chi connectivity index (χ2n) is 5.86. The van der Waals surface area contributed by atoms with Crippen molar-refractivity contribution < 1.29 is 14.4 Å². The van der Waals surface area contributed by atoms with Gasteiger partial charge in [0, 0.05) is 11.9 Å². The van der Waals surface area contributed by atoms with Crippen LogP contribution in [0.1, 0.15) is 16.5 Å². The summed E-state index contributed by atoms with van der Waals surface area (Å²) < 4.78 is 0. The highest BCUT2D eigenvalue weighted by Gasteiger charge is 2.59. The van der Waals surface area contributed by atoms with Crippen molar-refractivity contribution in [1.82, 2.24) is 4.90 Å². The molecule has 1 aromatic carbocycles. The predicted molar refractivity (Wildman–Crippen MR) is 86.9 cm³/mol. The van der Waals surface area contributed by atoms with Crippen molar-refractivity contribution in [3.05, 3.63) is 52.2 Å². The van der Waals surface area contributed by atoms with Crippen LogP contribution in [0.2, 0.25) is 0 Å². The molecule has 2 saturated heterocycles. The van der Waals surface area contributed by atoms with Gasteiger partial charge in [-0.25, -0.2) is 5.06 Å². The lowest BCUT2D eigenvalue weighted by atomic mass is 9.95. The Morgan fingerprint density at radius 3 is 2.57 bits per heavy atom. The molecule has 2 aliphatic rings. The molecule has 2 amide bonds. The maximum Gasteiger partial charge on any atom is 0.261 e. The zero-order valence-electron chi connectivity index (χ0n) is 12.8. The number of hydroxylamine groups is 1. The first kappa shape index (κ1) is 14.4. The molecule has 118 valence electrons. The van der Waals surface area contributed by atoms with Crippen LogP contribution in [0.4, 0.5) is 5.69 Å². The number of hydrogen-bond donors (Lipinski definition) is 0. The summed E-state index contributed by atoms with van der Waals surface area (Å²) in [7, 11) is 1.52. The van der Waals surface area contributed by atoms with Crippen molar-refractivity contribution in [3.8, 4) is 0 Å². The van der Waals surface area contributed by atoms with Crippen molar-refractivity contribution in [3.63, 3.8) is 0 Å². The minimum Gasteiger partial charge on any atom is -0.283 e. The average Bonchev–Trinajstić information content (AvgIpc) is 3.23. The first-order chi connectivity index (χ1) is 11.1. The van der Waals surface area contributed by atoms with Crippen LogP contribution < -0.4 is 5.06 Å². The third kappa shape index (κ3) is 2.02. The lowest BCUT2D eigenvalue weighted by molar-refractivity contribution is -0.141. The molecule has 0 unspecified atom stereocenters. The van der Waals surface area contributed by atoms with Gasteiger partial charge in [0.25, 0.3) is 5.91 Å². The Morgan fingerprint density at radius 1 is 1.09 bits per heavy atom. The van der Waals surface area contributed by atoms with Crippen LogP contribution in [0.3, 0.4) is 0 Å². The van der Waals surface area contributed by atoms with E-state index in [-0.39, 0.29) is 17.9 Å². The van der Waals surface area contributed by atoms with Crippen molar-refractivity contribution >= 4 is 28.8 Å². The molecule has 3 heterocycles. The second kappa shape index (κ2) is 5.18. The molecule has 2 aliphatic heterocycles. The predicted octanol–water partition coefficient (Wildman–Crippen LogP) is 2.53. The molecule has 0 bridgehead atoms. The number of likely N-dealkylation sites (N-methyl/N-ethyl adjacent to an activating group) is 1. The Morgan fingerprint density at radius 2 is 1.87 bits per heavy atom. The Hall–Kier alpha value is -2.18. The number of likely N-dealkylation sites (tertiary alicyclic amines) is 1. The fourth-order valence-electron chi connectivity index (χ4n) is 3.32. The summed E-state index contributed by atoms with van der Waals surface area (Å²) in [5.41, 5.74) is 1.94. The lowest BCUT2D eigenvalue weighted by Gasteiger charge is -2.28. The second-order valence-corrected chi connectivity index (χ2v) is 6.84. The van der Waals surface area contributed by atoms with Crippen LogP contribution in [0.25, 0.3) is 0 Å². The van der Waals surface area contributed by atoms with Gasteiger partial charge in [0.05, 0.1) is 5.69 Å². The number of nitrogens with zero attached hydrogens (tertiary/aromatic N) is 2. The SMILES string of the molecule is Cc1ccccc1N1O[C@@H]2C(=O)N(C)C(=O)[C@H]2[C@H]1c1cccs1. The van der Waals surface area contributed by atoms with E-state index in [1.807, 2.05) is 48.7 Å². The number of rotatable bonds is 2. The van der Waals surface area contributed by atoms with Crippen LogP contribution >= 0.6 is 11.3 Å². The van der Waals surface area contributed by atoms with Gasteiger partial charge in [0.15, 0.2) is 6.10 Å². The highest BCUT2D eigenvalue weighted by Crippen LogP contribution is 2.47. The highest BCUT2D eigenvalue weighted by atomic mass is 32.1. The minimum absolute atomic E-state index is 0.172. The van der Waals surface area contributed by atoms with Gasteiger partial charge < -0.3 is 0 Å². The molecule has 0 N–H and O–H groups in total. The Bertz CT molecular complexity index is 774. The highest BCUT2D eigenvalue weighted by molar-refractivity contribution is 7.10. The number of thiophene rings is 1. The number of carbonyl (C=O) groups excluding carboxylic acids is 2. The summed E-state index contributed by atoms with van der Waals surface area (Å²) in [4.78, 5) is 33.1. The molecular formula is C17H16N2O3S. The van der Waals surface area contributed by atoms with E-state index < -0.39 is 12.0 Å². The zero-order chi connectivity index (χ0) is 16.1. The van der Waals surface area contributed by atoms with Gasteiger partial charge in [0.2, 0.25) is 5.91 Å². The quantitative estimate of drug-likeness (QED) is 0.795. The molecule has 6 heteroatoms. The maximum absolute atomic E-state index is 12.6. The number of anilines is 1. The molecule has 2 aromatic rings. The third-order valence-corrected chi connectivity index (χ3v) is 5.47. The van der Waals surface area contributed by atoms with E-state index in [0.717, 1.165) is 16.1 Å². The van der Waals surface area contributed by atoms with Gasteiger partial charge in [-0.05, 0) is 30.0 Å². The number of benzene rings is 1. The Kier molecular flexibility index (Phi) is 3.25. The molecule has 23 heavy (non-hydrogen) atoms. The Balaban J connectivity index is 1.83. The minimum atomic E-state index is -0.737. The van der Waals surface area contributed by atoms with E-state index >= 15 is 0 Å². The number of aryl methyl sites for hydroxylation is 1. The third-order valence-electron chi connectivity index (χ3n) is 4.52. The topological polar surface area (TPSA) is 49.9 Å². The summed E-state index contributed by atoms with van der Waals surface area (Å²) in [5, 5.41) is 3.73. The van der Waals surface area contributed by atoms with E-state index in [9.17, 15) is 9.59 Å². The molecule has 4 rings (SSSR count). The largest absolute Gasteiger partial charge is 0.283 e. The van der Waals surface area contributed by atoms with Crippen LogP contribution in [0.15, 0.2) is 41.8 Å². The number of amides is 2. The molecule has 5 nitrogen and oxygen atoms in total. The standard InChI is InChI=1S/C17H16N2O3S/c1-10-6-3-4-7-11(10)19-14(12-8-5-9-23-12)13-15(22-19)17(21)18(2)16(13)20/h3-9,13-15H,1-2H3/t13-,14+,15-/m0/s1. The van der Waals surface area contributed by atoms with Crippen LogP contribution in [-0.4, -0.2) is 29.9 Å². The zero-order valence-corrected chi connectivity index (χ0v) is 13.6. The summed E-state index contributed by atoms with van der Waals surface area (Å²) in [6.45, 7) is 1.99. The summed E-state index contributed by atoms with van der Waals surface area (Å²) in [6.07, 6.45) is -0.737. The van der Waals surface area contributed by atoms with Gasteiger partial charge >= 0.3 is 0 Å². The van der Waals surface area contributed by atoms with Crippen LogP contribution in [0.5, 0.6) is 0 Å². The van der Waals surface area contributed by atoms with E-state index in [2.05, 4.69) is 0 Å². The van der Waals surface area contributed by atoms with Crippen LogP contribution in [0, 0.1) is 12.8 Å². The van der Waals surface area contributed by atoms with Gasteiger partial charge in [-0.1, -0.05) is 24.3 Å². The van der Waals surface area contributed by atoms with E-state index in [0.29, 0.717) is 0 Å². The monoisotopic (exact) mass is 328 g/mol. The van der Waals surface area contributed by atoms with E-state index in [4.69, 9.17) is 4.84 Å². The van der Waals surface area contributed by atoms with Crippen molar-refractivity contribution in [2.75, 3.05) is 12.1 Å². The molecular weight excluding hydrogens is 312 g/mol. The van der Waals surface area contributed by atoms with Crippen molar-refractivity contribution in [2.45, 2.75) is 19.1 Å². The summed E-state index contributed by atoms with van der Waals surface area (Å²) >= 11 is 1.57. The first-order valence-electron chi connectivity index (χ1n) is 7.46. The summed E-state index contributed by atoms with van der Waals surface area (Å²) in [6, 6.07) is 11.5.